The van der Waals surface area contributed by atoms with Crippen molar-refractivity contribution in [1.29, 1.82) is 0 Å². The van der Waals surface area contributed by atoms with E-state index in [1.807, 2.05) is 0 Å². The molecule has 0 aliphatic rings. The van der Waals surface area contributed by atoms with E-state index in [1.54, 1.807) is 36.4 Å². The second-order valence-corrected chi connectivity index (χ2v) is 16.5. The van der Waals surface area contributed by atoms with Crippen molar-refractivity contribution in [1.82, 2.24) is 15.0 Å². The van der Waals surface area contributed by atoms with E-state index < -0.39 is 50.2 Å². The normalized spacial score (nSPS) is 12.1. The molecule has 1 aromatic heterocycles. The molecule has 3 aromatic carbocycles. The first-order valence-electron chi connectivity index (χ1n) is 13.3. The van der Waals surface area contributed by atoms with E-state index in [0.717, 1.165) is 0 Å². The van der Waals surface area contributed by atoms with E-state index in [1.165, 1.54) is 36.4 Å². The number of ether oxygens (including phenoxy) is 3. The molecular formula is C27H24Br3N3O12S3. The second-order valence-electron chi connectivity index (χ2n) is 8.92. The van der Waals surface area contributed by atoms with Crippen molar-refractivity contribution < 1.29 is 52.0 Å². The third kappa shape index (κ3) is 11.7. The van der Waals surface area contributed by atoms with Crippen LogP contribution in [0.4, 0.5) is 0 Å². The first-order chi connectivity index (χ1) is 22.7. The highest BCUT2D eigenvalue weighted by Crippen LogP contribution is 2.20. The first kappa shape index (κ1) is 38.0. The first-order valence-corrected chi connectivity index (χ1v) is 19.9. The zero-order chi connectivity index (χ0) is 34.8. The number of rotatable bonds is 18. The van der Waals surface area contributed by atoms with Crippen molar-refractivity contribution in [2.45, 2.75) is 14.7 Å². The van der Waals surface area contributed by atoms with Gasteiger partial charge in [-0.25, -0.2) is 0 Å². The fourth-order valence-electron chi connectivity index (χ4n) is 3.35. The van der Waals surface area contributed by atoms with Gasteiger partial charge in [0, 0.05) is 13.4 Å². The van der Waals surface area contributed by atoms with Gasteiger partial charge >= 0.3 is 18.0 Å². The van der Waals surface area contributed by atoms with E-state index in [9.17, 15) is 25.3 Å². The van der Waals surface area contributed by atoms with Gasteiger partial charge in [0.05, 0.1) is 14.7 Å². The van der Waals surface area contributed by atoms with Crippen LogP contribution in [0.1, 0.15) is 0 Å². The maximum absolute atomic E-state index is 12.4. The molecule has 1 heterocycles. The molecule has 15 nitrogen and oxygen atoms in total. The molecule has 258 valence electrons. The topological polar surface area (TPSA) is 196 Å². The highest BCUT2D eigenvalue weighted by atomic mass is 79.9. The average Bonchev–Trinajstić information content (AvgIpc) is 3.04. The van der Waals surface area contributed by atoms with Crippen LogP contribution in [0.25, 0.3) is 0 Å². The third-order valence-corrected chi connectivity index (χ3v) is 11.1. The van der Waals surface area contributed by atoms with Crippen molar-refractivity contribution >= 4 is 78.1 Å². The number of nitrogens with zero attached hydrogens (tertiary/aromatic N) is 3. The molecule has 0 amide bonds. The molecule has 4 rings (SSSR count). The van der Waals surface area contributed by atoms with Gasteiger partial charge in [0.25, 0.3) is 30.4 Å². The minimum Gasteiger partial charge on any atom is -0.461 e. The summed E-state index contributed by atoms with van der Waals surface area (Å²) >= 11 is 9.68. The standard InChI is InChI=1S/C27H24Br3N3O12S3/c28-19-1-7-22(8-2-19)46(34,35)43-16-13-40-25-31-26(41-14-17-44-47(36,37)23-9-3-20(29)4-10-23)33-27(32-25)42-15-18-45-48(38,39)24-11-5-21(30)6-12-24/h1-12H,13-18H2. The summed E-state index contributed by atoms with van der Waals surface area (Å²) in [6.07, 6.45) is 0. The molecule has 0 N–H and O–H groups in total. The van der Waals surface area contributed by atoms with Gasteiger partial charge in [-0.1, -0.05) is 47.8 Å². The smallest absolute Gasteiger partial charge is 0.325 e. The predicted molar refractivity (Wildman–Crippen MR) is 178 cm³/mol. The van der Waals surface area contributed by atoms with Gasteiger partial charge in [-0.2, -0.15) is 25.3 Å². The van der Waals surface area contributed by atoms with Crippen LogP contribution in [-0.2, 0) is 42.9 Å². The largest absolute Gasteiger partial charge is 0.461 e. The lowest BCUT2D eigenvalue weighted by molar-refractivity contribution is 0.177. The van der Waals surface area contributed by atoms with Crippen molar-refractivity contribution in [3.8, 4) is 18.0 Å². The molecular weight excluding hydrogens is 894 g/mol. The van der Waals surface area contributed by atoms with Crippen LogP contribution in [0.2, 0.25) is 0 Å². The van der Waals surface area contributed by atoms with Crippen molar-refractivity contribution in [3.05, 3.63) is 86.2 Å². The van der Waals surface area contributed by atoms with Crippen LogP contribution in [0.5, 0.6) is 18.0 Å². The van der Waals surface area contributed by atoms with Gasteiger partial charge in [-0.15, -0.1) is 15.0 Å². The minimum absolute atomic E-state index is 0.0639. The number of benzene rings is 3. The van der Waals surface area contributed by atoms with Crippen molar-refractivity contribution in [2.24, 2.45) is 0 Å². The van der Waals surface area contributed by atoms with Crippen LogP contribution >= 0.6 is 47.8 Å². The van der Waals surface area contributed by atoms with E-state index in [4.69, 9.17) is 26.8 Å². The van der Waals surface area contributed by atoms with Crippen LogP contribution < -0.4 is 14.2 Å². The lowest BCUT2D eigenvalue weighted by Crippen LogP contribution is -2.17. The number of hydrogen-bond acceptors (Lipinski definition) is 15. The Morgan fingerprint density at radius 2 is 0.625 bits per heavy atom. The predicted octanol–water partition coefficient (Wildman–Crippen LogP) is 4.51. The summed E-state index contributed by atoms with van der Waals surface area (Å²) in [7, 11) is -12.2. The molecule has 4 aromatic rings. The Balaban J connectivity index is 1.36. The molecule has 21 heteroatoms. The summed E-state index contributed by atoms with van der Waals surface area (Å²) in [5.74, 6) is 0. The van der Waals surface area contributed by atoms with Crippen molar-refractivity contribution in [3.63, 3.8) is 0 Å². The molecule has 48 heavy (non-hydrogen) atoms. The van der Waals surface area contributed by atoms with Gasteiger partial charge < -0.3 is 14.2 Å². The Morgan fingerprint density at radius 3 is 0.854 bits per heavy atom. The molecule has 0 atom stereocenters. The van der Waals surface area contributed by atoms with Crippen LogP contribution in [-0.4, -0.2) is 79.8 Å². The average molecular weight is 918 g/mol. The maximum Gasteiger partial charge on any atom is 0.325 e. The maximum atomic E-state index is 12.4. The summed E-state index contributed by atoms with van der Waals surface area (Å²) < 4.78 is 108. The molecule has 0 radical (unpaired) electrons. The fraction of sp³-hybridized carbons (Fsp3) is 0.222. The Kier molecular flexibility index (Phi) is 13.7. The molecule has 0 saturated heterocycles. The van der Waals surface area contributed by atoms with Gasteiger partial charge in [0.2, 0.25) is 0 Å². The van der Waals surface area contributed by atoms with Crippen LogP contribution in [0.3, 0.4) is 0 Å². The summed E-state index contributed by atoms with van der Waals surface area (Å²) in [5, 5.41) is 0. The zero-order valence-corrected chi connectivity index (χ0v) is 31.5. The molecule has 0 saturated carbocycles. The highest BCUT2D eigenvalue weighted by Gasteiger charge is 2.19. The Morgan fingerprint density at radius 1 is 0.396 bits per heavy atom. The lowest BCUT2D eigenvalue weighted by Gasteiger charge is -2.11. The fourth-order valence-corrected chi connectivity index (χ4v) is 6.82. The summed E-state index contributed by atoms with van der Waals surface area (Å²) in [5.41, 5.74) is 0. The quantitative estimate of drug-likeness (QED) is 0.0998. The SMILES string of the molecule is O=S(=O)(OCCOc1nc(OCCOS(=O)(=O)c2ccc(Br)cc2)nc(OCCOS(=O)(=O)c2ccc(Br)cc2)n1)c1ccc(Br)cc1. The summed E-state index contributed by atoms with van der Waals surface area (Å²) in [4.78, 5) is 11.7. The Labute approximate surface area is 301 Å². The van der Waals surface area contributed by atoms with Gasteiger partial charge in [-0.3, -0.25) is 12.5 Å². The van der Waals surface area contributed by atoms with Gasteiger partial charge in [0.15, 0.2) is 0 Å². The van der Waals surface area contributed by atoms with Crippen molar-refractivity contribution in [2.75, 3.05) is 39.6 Å². The number of hydrogen-bond donors (Lipinski definition) is 0. The summed E-state index contributed by atoms with van der Waals surface area (Å²) in [6.45, 7) is -2.24. The molecule has 0 spiro atoms. The van der Waals surface area contributed by atoms with Crippen LogP contribution in [0, 0.1) is 0 Å². The van der Waals surface area contributed by atoms with Gasteiger partial charge in [0.1, 0.15) is 39.6 Å². The molecule has 0 aliphatic carbocycles. The molecule has 0 unspecified atom stereocenters. The van der Waals surface area contributed by atoms with Gasteiger partial charge in [-0.05, 0) is 72.8 Å². The number of halogens is 3. The molecule has 0 aliphatic heterocycles. The monoisotopic (exact) mass is 915 g/mol. The number of aromatic nitrogens is 3. The van der Waals surface area contributed by atoms with E-state index in [-0.39, 0.29) is 52.5 Å². The Bertz CT molecular complexity index is 1760. The second kappa shape index (κ2) is 17.3. The highest BCUT2D eigenvalue weighted by molar-refractivity contribution is 9.11. The van der Waals surface area contributed by atoms with E-state index in [0.29, 0.717) is 13.4 Å². The third-order valence-electron chi connectivity index (χ3n) is 5.54. The van der Waals surface area contributed by atoms with E-state index in [2.05, 4.69) is 62.7 Å². The minimum atomic E-state index is -4.08. The molecule has 0 fully saturated rings. The lowest BCUT2D eigenvalue weighted by atomic mass is 10.4. The summed E-state index contributed by atoms with van der Waals surface area (Å²) in [6, 6.07) is 16.3. The van der Waals surface area contributed by atoms with Crippen LogP contribution in [0.15, 0.2) is 101 Å². The molecule has 0 bridgehead atoms. The van der Waals surface area contributed by atoms with E-state index >= 15 is 0 Å². The Hall–Kier alpha value is -2.76. The zero-order valence-electron chi connectivity index (χ0n) is 24.3.